The molecule has 5 rings (SSSR count). The minimum Gasteiger partial charge on any atom is -0.466 e. The highest BCUT2D eigenvalue weighted by atomic mass is 31.0. The van der Waals surface area contributed by atoms with Gasteiger partial charge in [0.2, 0.25) is 11.6 Å². The van der Waals surface area contributed by atoms with Crippen LogP contribution >= 0.6 is 9.47 Å². The number of carbonyl (C=O) groups is 3. The summed E-state index contributed by atoms with van der Waals surface area (Å²) in [6.45, 7) is 14.3. The van der Waals surface area contributed by atoms with Gasteiger partial charge in [-0.25, -0.2) is 4.79 Å². The summed E-state index contributed by atoms with van der Waals surface area (Å²) in [5, 5.41) is 0. The number of carbonyl (C=O) groups excluding carboxylic acids is 3. The van der Waals surface area contributed by atoms with E-state index in [9.17, 15) is 14.4 Å². The van der Waals surface area contributed by atoms with Crippen LogP contribution in [0.2, 0.25) is 0 Å². The molecule has 0 amide bonds. The smallest absolute Gasteiger partial charge is 0.330 e. The normalized spacial score (nSPS) is 33.6. The lowest BCUT2D eigenvalue weighted by Gasteiger charge is -2.48. The van der Waals surface area contributed by atoms with Crippen LogP contribution in [0.5, 0.6) is 0 Å². The van der Waals surface area contributed by atoms with Gasteiger partial charge in [0.15, 0.2) is 0 Å². The molecule has 0 N–H and O–H groups in total. The first-order chi connectivity index (χ1) is 26.7. The Morgan fingerprint density at radius 1 is 0.929 bits per heavy atom. The molecule has 3 saturated heterocycles. The van der Waals surface area contributed by atoms with Crippen LogP contribution in [0, 0.1) is 5.41 Å². The molecule has 6 bridgehead atoms. The molecule has 1 aromatic rings. The average Bonchev–Trinajstić information content (AvgIpc) is 3.15. The third-order valence-electron chi connectivity index (χ3n) is 11.0. The zero-order chi connectivity index (χ0) is 40.5. The van der Waals surface area contributed by atoms with Crippen molar-refractivity contribution < 1.29 is 56.8 Å². The number of cyclic esters (lactones) is 1. The molecule has 10 atom stereocenters. The van der Waals surface area contributed by atoms with Crippen molar-refractivity contribution in [2.45, 2.75) is 140 Å². The van der Waals surface area contributed by atoms with E-state index in [4.69, 9.17) is 42.4 Å². The molecule has 0 aromatic heterocycles. The quantitative estimate of drug-likeness (QED) is 0.0649. The lowest BCUT2D eigenvalue weighted by Crippen LogP contribution is -2.60. The van der Waals surface area contributed by atoms with Crippen molar-refractivity contribution in [3.63, 3.8) is 0 Å². The Morgan fingerprint density at radius 2 is 1.61 bits per heavy atom. The lowest BCUT2D eigenvalue weighted by atomic mass is 9.74. The van der Waals surface area contributed by atoms with Gasteiger partial charge in [0.1, 0.15) is 12.9 Å². The second-order valence-corrected chi connectivity index (χ2v) is 16.2. The molecule has 4 aliphatic heterocycles. The van der Waals surface area contributed by atoms with Gasteiger partial charge >= 0.3 is 11.9 Å². The van der Waals surface area contributed by atoms with Crippen molar-refractivity contribution in [1.82, 2.24) is 0 Å². The van der Waals surface area contributed by atoms with Crippen molar-refractivity contribution >= 4 is 27.2 Å². The van der Waals surface area contributed by atoms with Gasteiger partial charge in [0, 0.05) is 59.3 Å². The van der Waals surface area contributed by atoms with Crippen LogP contribution in [-0.4, -0.2) is 93.4 Å². The fraction of sp³-hybridized carbons (Fsp3) is 0.605. The van der Waals surface area contributed by atoms with E-state index in [-0.39, 0.29) is 56.0 Å². The van der Waals surface area contributed by atoms with Crippen LogP contribution in [-0.2, 0) is 63.4 Å². The van der Waals surface area contributed by atoms with Crippen LogP contribution < -0.4 is 0 Å². The average molecular weight is 799 g/mol. The van der Waals surface area contributed by atoms with Crippen LogP contribution in [0.4, 0.5) is 0 Å². The number of ether oxygens (including phenoxy) is 8. The van der Waals surface area contributed by atoms with Crippen LogP contribution in [0.25, 0.3) is 0 Å². The van der Waals surface area contributed by atoms with E-state index in [1.807, 2.05) is 56.3 Å². The molecule has 12 nitrogen and oxygen atoms in total. The van der Waals surface area contributed by atoms with E-state index in [1.54, 1.807) is 6.92 Å². The molecule has 3 fully saturated rings. The highest BCUT2D eigenvalue weighted by molar-refractivity contribution is 7.09. The van der Waals surface area contributed by atoms with E-state index in [0.29, 0.717) is 45.1 Å². The van der Waals surface area contributed by atoms with Crippen LogP contribution in [0.3, 0.4) is 0 Å². The summed E-state index contributed by atoms with van der Waals surface area (Å²) in [7, 11) is 4.92. The van der Waals surface area contributed by atoms with Gasteiger partial charge in [-0.05, 0) is 38.2 Å². The number of benzene rings is 1. The summed E-state index contributed by atoms with van der Waals surface area (Å²) in [5.74, 6) is -3.59. The summed E-state index contributed by atoms with van der Waals surface area (Å²) in [4.78, 5) is 40.8. The minimum absolute atomic E-state index is 0.0266. The second-order valence-electron chi connectivity index (χ2n) is 15.9. The van der Waals surface area contributed by atoms with Gasteiger partial charge in [0.25, 0.3) is 0 Å². The molecule has 0 aliphatic carbocycles. The Bertz CT molecular complexity index is 1610. The summed E-state index contributed by atoms with van der Waals surface area (Å²) >= 11 is 0. The Balaban J connectivity index is 1.49. The molecule has 4 heterocycles. The summed E-state index contributed by atoms with van der Waals surface area (Å²) < 4.78 is 54.7. The van der Waals surface area contributed by atoms with Crippen LogP contribution in [0.15, 0.2) is 78.4 Å². The maximum absolute atomic E-state index is 14.4. The molecule has 1 unspecified atom stereocenters. The van der Waals surface area contributed by atoms with Crippen molar-refractivity contribution in [3.05, 3.63) is 84.0 Å². The highest BCUT2D eigenvalue weighted by Gasteiger charge is 2.57. The Morgan fingerprint density at radius 3 is 2.29 bits per heavy atom. The zero-order valence-corrected chi connectivity index (χ0v) is 34.6. The van der Waals surface area contributed by atoms with E-state index in [0.717, 1.165) is 16.7 Å². The number of hydrogen-bond donors (Lipinski definition) is 0. The predicted molar refractivity (Wildman–Crippen MR) is 211 cm³/mol. The Hall–Kier alpha value is -3.06. The summed E-state index contributed by atoms with van der Waals surface area (Å²) in [6, 6.07) is 9.69. The van der Waals surface area contributed by atoms with E-state index in [1.165, 1.54) is 20.3 Å². The lowest BCUT2D eigenvalue weighted by molar-refractivity contribution is -0.280. The molecule has 0 spiro atoms. The van der Waals surface area contributed by atoms with Gasteiger partial charge in [-0.15, -0.1) is 0 Å². The highest BCUT2D eigenvalue weighted by Crippen LogP contribution is 2.46. The van der Waals surface area contributed by atoms with Crippen LogP contribution in [0.1, 0.15) is 84.1 Å². The Labute approximate surface area is 333 Å². The molecule has 0 saturated carbocycles. The molecule has 308 valence electrons. The fourth-order valence-corrected chi connectivity index (χ4v) is 8.28. The topological polar surface area (TPSA) is 134 Å². The predicted octanol–water partition coefficient (Wildman–Crippen LogP) is 6.82. The molecule has 56 heavy (non-hydrogen) atoms. The second kappa shape index (κ2) is 20.1. The van der Waals surface area contributed by atoms with Crippen molar-refractivity contribution in [2.24, 2.45) is 5.41 Å². The Kier molecular flexibility index (Phi) is 15.8. The van der Waals surface area contributed by atoms with Gasteiger partial charge in [-0.3, -0.25) is 9.59 Å². The molecule has 1 aromatic carbocycles. The number of esters is 2. The van der Waals surface area contributed by atoms with Crippen molar-refractivity contribution in [2.75, 3.05) is 21.0 Å². The maximum atomic E-state index is 14.4. The largest absolute Gasteiger partial charge is 0.466 e. The van der Waals surface area contributed by atoms with Gasteiger partial charge in [-0.2, -0.15) is 0 Å². The van der Waals surface area contributed by atoms with Gasteiger partial charge < -0.3 is 42.4 Å². The number of Topliss-reactive ketones (excluding diaryl/α,β-unsaturated/α-hetero) is 1. The molecular weight excluding hydrogens is 739 g/mol. The van der Waals surface area contributed by atoms with Gasteiger partial charge in [0.05, 0.1) is 62.9 Å². The monoisotopic (exact) mass is 798 g/mol. The number of ketones is 1. The number of methoxy groups -OCH3 is 2. The number of fused-ring (bicyclic) bond motifs is 6. The van der Waals surface area contributed by atoms with Crippen molar-refractivity contribution in [3.8, 4) is 0 Å². The maximum Gasteiger partial charge on any atom is 0.330 e. The first kappa shape index (κ1) is 44.1. The number of hydrogen-bond acceptors (Lipinski definition) is 12. The SMILES string of the molecule is C=C1C[C@@H]2C[C@@H]3CC(=C)C[C@H](/C=C/C(C)(C)[C@]4(OC)O[C@@H](C/C(=C\C(=O)OC)C4=O)C[C@H]([C@@H](C)OCOCc4ccccc4)OC(=O)C[C@H](OP)C[C@H](C1)O2)O3. The van der Waals surface area contributed by atoms with Crippen molar-refractivity contribution in [1.29, 1.82) is 0 Å². The zero-order valence-electron chi connectivity index (χ0n) is 33.4. The first-order valence-corrected chi connectivity index (χ1v) is 19.9. The van der Waals surface area contributed by atoms with E-state index < -0.39 is 53.3 Å². The summed E-state index contributed by atoms with van der Waals surface area (Å²) in [5.41, 5.74) is 2.19. The van der Waals surface area contributed by atoms with Gasteiger partial charge in [-0.1, -0.05) is 80.6 Å². The molecule has 4 aliphatic rings. The molecule has 0 radical (unpaired) electrons. The number of rotatable bonds is 9. The van der Waals surface area contributed by atoms with E-state index in [2.05, 4.69) is 22.6 Å². The first-order valence-electron chi connectivity index (χ1n) is 19.4. The fourth-order valence-electron chi connectivity index (χ4n) is 8.07. The summed E-state index contributed by atoms with van der Waals surface area (Å²) in [6.07, 6.45) is 5.18. The minimum atomic E-state index is -1.88. The standard InChI is InChI=1S/C43H59O12P/c1-27-15-32-13-14-42(4,5)43(48-7)41(46)31(20-39(44)47-6)19-36(54-43)23-38(29(3)50-26-49-25-30-11-9-8-10-12-30)53-40(45)24-37(55-56)22-35-18-28(2)17-34(52-35)21-33(16-27)51-32/h8-14,20,29,32-38H,1-2,15-19,21-26,56H2,3-7H3/b14-13+,31-20+/t29-,32+,33+,34-,35+,36+,37-,38-,43-/m1/s1. The molecular formula is C43H59O12P. The third kappa shape index (κ3) is 11.5. The van der Waals surface area contributed by atoms with E-state index >= 15 is 0 Å². The molecule has 13 heteroatoms. The third-order valence-corrected chi connectivity index (χ3v) is 11.4.